The first-order valence-corrected chi connectivity index (χ1v) is 23.4. The molecule has 3 heterocycles. The summed E-state index contributed by atoms with van der Waals surface area (Å²) in [6.45, 7) is 0. The summed E-state index contributed by atoms with van der Waals surface area (Å²) >= 11 is 0. The van der Waals surface area contributed by atoms with Gasteiger partial charge in [0.25, 0.3) is 0 Å². The standard InChI is InChI=1S/C63H45N5/c1-5-18-42(19-6-1)44-32-36-48(37-33-44)61-64-62(49-38-34-45(35-39-49)43-20-7-2-8-21-43)66-63(65-61)68-54-30-16-14-27-52(54)60-57(68)41-40-56-59(60)51-26-13-15-29-53(51)67(56)55-31-17-28-50(46-22-9-3-10-23-46)58(55)47-24-11-4-12-25-47/h1-41,61-62,64H,(H,65,66). The van der Waals surface area contributed by atoms with Crippen LogP contribution in [0.2, 0.25) is 0 Å². The number of nitrogens with one attached hydrogen (secondary N) is 2. The SMILES string of the molecule is c1ccc(-c2ccc(C3N=C(n4c5ccccc5c5c6c7ccccc7n(-c7cccc(-c8ccccc8)c7-c7ccccc7)c6ccc54)NC(c4ccc(-c5ccccc5)cc4)N3)cc2)cc1. The number of nitrogens with zero attached hydrogens (tertiary/aromatic N) is 3. The van der Waals surface area contributed by atoms with Crippen molar-refractivity contribution >= 4 is 49.6 Å². The summed E-state index contributed by atoms with van der Waals surface area (Å²) < 4.78 is 4.83. The van der Waals surface area contributed by atoms with Crippen molar-refractivity contribution in [1.82, 2.24) is 19.8 Å². The van der Waals surface area contributed by atoms with E-state index in [4.69, 9.17) is 4.99 Å². The number of hydrogen-bond acceptors (Lipinski definition) is 3. The van der Waals surface area contributed by atoms with Crippen LogP contribution in [0.1, 0.15) is 23.5 Å². The molecule has 10 aromatic carbocycles. The average Bonchev–Trinajstić information content (AvgIpc) is 3.94. The van der Waals surface area contributed by atoms with E-state index in [1.807, 2.05) is 0 Å². The predicted molar refractivity (Wildman–Crippen MR) is 283 cm³/mol. The van der Waals surface area contributed by atoms with Crippen LogP contribution in [-0.4, -0.2) is 15.1 Å². The van der Waals surface area contributed by atoms with Crippen LogP contribution in [0.15, 0.2) is 254 Å². The van der Waals surface area contributed by atoms with E-state index < -0.39 is 0 Å². The number of benzene rings is 10. The van der Waals surface area contributed by atoms with Gasteiger partial charge in [0, 0.05) is 27.1 Å². The molecule has 5 nitrogen and oxygen atoms in total. The number of aromatic nitrogens is 2. The molecule has 0 saturated heterocycles. The first-order chi connectivity index (χ1) is 33.7. The van der Waals surface area contributed by atoms with E-state index in [0.717, 1.165) is 44.8 Å². The van der Waals surface area contributed by atoms with Gasteiger partial charge in [0.2, 0.25) is 5.96 Å². The molecule has 0 spiro atoms. The van der Waals surface area contributed by atoms with E-state index >= 15 is 0 Å². The molecule has 2 unspecified atom stereocenters. The summed E-state index contributed by atoms with van der Waals surface area (Å²) in [7, 11) is 0. The first-order valence-electron chi connectivity index (χ1n) is 23.4. The minimum absolute atomic E-state index is 0.235. The Hall–Kier alpha value is -8.77. The van der Waals surface area contributed by atoms with E-state index in [-0.39, 0.29) is 12.3 Å². The van der Waals surface area contributed by atoms with Gasteiger partial charge in [0.1, 0.15) is 12.3 Å². The van der Waals surface area contributed by atoms with Crippen LogP contribution in [0.4, 0.5) is 0 Å². The second kappa shape index (κ2) is 16.6. The molecule has 68 heavy (non-hydrogen) atoms. The number of hydrogen-bond donors (Lipinski definition) is 2. The molecule has 13 rings (SSSR count). The van der Waals surface area contributed by atoms with Crippen molar-refractivity contribution in [3.8, 4) is 50.2 Å². The van der Waals surface area contributed by atoms with Crippen molar-refractivity contribution in [3.63, 3.8) is 0 Å². The van der Waals surface area contributed by atoms with Crippen LogP contribution in [0, 0.1) is 0 Å². The van der Waals surface area contributed by atoms with Crippen LogP contribution in [0.25, 0.3) is 93.8 Å². The highest BCUT2D eigenvalue weighted by Gasteiger charge is 2.29. The summed E-state index contributed by atoms with van der Waals surface area (Å²) in [5.74, 6) is 0.786. The highest BCUT2D eigenvalue weighted by Crippen LogP contribution is 2.45. The number of rotatable bonds is 7. The third-order valence-electron chi connectivity index (χ3n) is 13.6. The zero-order valence-corrected chi connectivity index (χ0v) is 37.2. The number of fused-ring (bicyclic) bond motifs is 7. The maximum Gasteiger partial charge on any atom is 0.206 e. The van der Waals surface area contributed by atoms with Crippen molar-refractivity contribution in [2.45, 2.75) is 12.3 Å². The largest absolute Gasteiger partial charge is 0.336 e. The first kappa shape index (κ1) is 39.6. The van der Waals surface area contributed by atoms with Crippen LogP contribution in [0.3, 0.4) is 0 Å². The summed E-state index contributed by atoms with van der Waals surface area (Å²) in [5.41, 5.74) is 17.3. The summed E-state index contributed by atoms with van der Waals surface area (Å²) in [4.78, 5) is 5.57. The van der Waals surface area contributed by atoms with Gasteiger partial charge in [-0.05, 0) is 80.4 Å². The minimum Gasteiger partial charge on any atom is -0.336 e. The van der Waals surface area contributed by atoms with Gasteiger partial charge in [-0.2, -0.15) is 0 Å². The second-order valence-corrected chi connectivity index (χ2v) is 17.6. The van der Waals surface area contributed by atoms with Gasteiger partial charge in [-0.25, -0.2) is 4.99 Å². The summed E-state index contributed by atoms with van der Waals surface area (Å²) in [6.07, 6.45) is -0.564. The molecule has 2 atom stereocenters. The van der Waals surface area contributed by atoms with E-state index in [2.05, 4.69) is 268 Å². The van der Waals surface area contributed by atoms with Crippen molar-refractivity contribution in [3.05, 3.63) is 260 Å². The van der Waals surface area contributed by atoms with Crippen LogP contribution in [-0.2, 0) is 0 Å². The Morgan fingerprint density at radius 1 is 0.338 bits per heavy atom. The molecule has 12 aromatic rings. The van der Waals surface area contributed by atoms with Crippen LogP contribution in [0.5, 0.6) is 0 Å². The fraction of sp³-hybridized carbons (Fsp3) is 0.0317. The molecule has 0 aliphatic carbocycles. The molecule has 0 saturated carbocycles. The van der Waals surface area contributed by atoms with E-state index in [1.165, 1.54) is 66.1 Å². The normalized spacial score (nSPS) is 14.9. The molecule has 2 N–H and O–H groups in total. The molecule has 2 aromatic heterocycles. The van der Waals surface area contributed by atoms with E-state index in [1.54, 1.807) is 0 Å². The van der Waals surface area contributed by atoms with Crippen LogP contribution >= 0.6 is 0 Å². The molecule has 0 bridgehead atoms. The molecular weight excluding hydrogens is 827 g/mol. The van der Waals surface area contributed by atoms with E-state index in [0.29, 0.717) is 0 Å². The van der Waals surface area contributed by atoms with Crippen molar-refractivity contribution in [2.24, 2.45) is 4.99 Å². The summed E-state index contributed by atoms with van der Waals surface area (Å²) in [6, 6.07) is 89.5. The molecule has 1 aliphatic heterocycles. The van der Waals surface area contributed by atoms with Crippen molar-refractivity contribution in [2.75, 3.05) is 0 Å². The molecule has 322 valence electrons. The molecule has 0 fully saturated rings. The van der Waals surface area contributed by atoms with Gasteiger partial charge in [0.05, 0.1) is 27.8 Å². The highest BCUT2D eigenvalue weighted by atomic mass is 15.4. The monoisotopic (exact) mass is 871 g/mol. The van der Waals surface area contributed by atoms with Gasteiger partial charge >= 0.3 is 0 Å². The lowest BCUT2D eigenvalue weighted by Gasteiger charge is -2.32. The Balaban J connectivity index is 1.02. The molecule has 0 amide bonds. The zero-order chi connectivity index (χ0) is 45.0. The fourth-order valence-electron chi connectivity index (χ4n) is 10.5. The zero-order valence-electron chi connectivity index (χ0n) is 37.2. The third-order valence-corrected chi connectivity index (χ3v) is 13.6. The van der Waals surface area contributed by atoms with Gasteiger partial charge in [-0.3, -0.25) is 9.88 Å². The Bertz CT molecular complexity index is 3820. The summed E-state index contributed by atoms with van der Waals surface area (Å²) in [5, 5.41) is 12.6. The third kappa shape index (κ3) is 6.71. The van der Waals surface area contributed by atoms with Gasteiger partial charge < -0.3 is 9.88 Å². The van der Waals surface area contributed by atoms with Gasteiger partial charge in [0.15, 0.2) is 0 Å². The quantitative estimate of drug-likeness (QED) is 0.168. The predicted octanol–water partition coefficient (Wildman–Crippen LogP) is 15.4. The van der Waals surface area contributed by atoms with Crippen molar-refractivity contribution in [1.29, 1.82) is 0 Å². The lowest BCUT2D eigenvalue weighted by molar-refractivity contribution is 0.403. The average molecular weight is 872 g/mol. The van der Waals surface area contributed by atoms with Gasteiger partial charge in [-0.15, -0.1) is 0 Å². The Labute approximate surface area is 394 Å². The highest BCUT2D eigenvalue weighted by molar-refractivity contribution is 6.30. The lowest BCUT2D eigenvalue weighted by Crippen LogP contribution is -2.47. The van der Waals surface area contributed by atoms with Crippen molar-refractivity contribution < 1.29 is 0 Å². The van der Waals surface area contributed by atoms with Crippen LogP contribution < -0.4 is 10.6 Å². The minimum atomic E-state index is -0.329. The molecule has 0 radical (unpaired) electrons. The smallest absolute Gasteiger partial charge is 0.206 e. The Morgan fingerprint density at radius 3 is 1.37 bits per heavy atom. The second-order valence-electron chi connectivity index (χ2n) is 17.6. The maximum atomic E-state index is 5.57. The Kier molecular flexibility index (Phi) is 9.66. The van der Waals surface area contributed by atoms with Gasteiger partial charge in [-0.1, -0.05) is 218 Å². The molecule has 5 heteroatoms. The maximum absolute atomic E-state index is 5.57. The Morgan fingerprint density at radius 2 is 0.794 bits per heavy atom. The topological polar surface area (TPSA) is 46.3 Å². The number of para-hydroxylation sites is 2. The molecule has 1 aliphatic rings. The van der Waals surface area contributed by atoms with E-state index in [9.17, 15) is 0 Å². The lowest BCUT2D eigenvalue weighted by atomic mass is 9.93. The number of aliphatic imine (C=N–C) groups is 1. The molecular formula is C63H45N5. The fourth-order valence-corrected chi connectivity index (χ4v) is 10.5.